The lowest BCUT2D eigenvalue weighted by Gasteiger charge is -1.79. The Morgan fingerprint density at radius 1 is 1.13 bits per heavy atom. The molecule has 0 amide bonds. The van der Waals surface area contributed by atoms with Crippen molar-refractivity contribution in [1.82, 2.24) is 15.4 Å². The maximum Gasteiger partial charge on any atom is 0.182 e. The number of aromatic nitrogens is 3. The highest BCUT2D eigenvalue weighted by atomic mass is 16.2. The van der Waals surface area contributed by atoms with Crippen molar-refractivity contribution in [1.29, 1.82) is 0 Å². The molecule has 0 radical (unpaired) electrons. The predicted molar refractivity (Wildman–Crippen MR) is 57.3 cm³/mol. The van der Waals surface area contributed by atoms with Gasteiger partial charge in [-0.2, -0.15) is 0 Å². The summed E-state index contributed by atoms with van der Waals surface area (Å²) >= 11 is 0. The molecule has 0 unspecified atom stereocenters. The van der Waals surface area contributed by atoms with Crippen LogP contribution in [0.15, 0.2) is 37.4 Å². The number of fused-ring (bicyclic) bond motifs is 1. The molecule has 0 saturated carbocycles. The predicted octanol–water partition coefficient (Wildman–Crippen LogP) is 1.14. The minimum atomic E-state index is 0.194. The number of nitrogens with one attached hydrogen (secondary N) is 1. The summed E-state index contributed by atoms with van der Waals surface area (Å²) < 4.78 is 0. The van der Waals surface area contributed by atoms with Gasteiger partial charge in [0.1, 0.15) is 5.52 Å². The molecule has 0 spiro atoms. The Hall–Kier alpha value is -2.30. The summed E-state index contributed by atoms with van der Waals surface area (Å²) in [5.41, 5.74) is 1.90. The zero-order chi connectivity index (χ0) is 11.5. The van der Waals surface area contributed by atoms with E-state index in [9.17, 15) is 0 Å². The number of H-pyrrole nitrogens is 1. The Bertz CT molecular complexity index is 375. The second-order valence-electron chi connectivity index (χ2n) is 2.10. The smallest absolute Gasteiger partial charge is 0.182 e. The van der Waals surface area contributed by atoms with Gasteiger partial charge in [0.2, 0.25) is 0 Å². The molecule has 0 aliphatic heterocycles. The zero-order valence-electron chi connectivity index (χ0n) is 8.09. The van der Waals surface area contributed by atoms with Crippen LogP contribution in [0.2, 0.25) is 0 Å². The topological polar surface area (TPSA) is 75.7 Å². The molecular weight excluding hydrogens is 194 g/mol. The molecule has 2 rings (SSSR count). The van der Waals surface area contributed by atoms with Crippen LogP contribution in [0.25, 0.3) is 11.0 Å². The molecule has 0 atom stereocenters. The Balaban J connectivity index is 0.000000282. The van der Waals surface area contributed by atoms with Crippen LogP contribution < -0.4 is 0 Å². The van der Waals surface area contributed by atoms with Crippen molar-refractivity contribution < 1.29 is 9.59 Å². The highest BCUT2D eigenvalue weighted by molar-refractivity contribution is 6.09. The van der Waals surface area contributed by atoms with Crippen LogP contribution in [0.3, 0.4) is 0 Å². The second-order valence-corrected chi connectivity index (χ2v) is 2.10. The van der Waals surface area contributed by atoms with Gasteiger partial charge in [-0.1, -0.05) is 17.3 Å². The number of aldehydes is 2. The van der Waals surface area contributed by atoms with Crippen LogP contribution in [0.4, 0.5) is 0 Å². The first-order chi connectivity index (χ1) is 7.38. The van der Waals surface area contributed by atoms with Gasteiger partial charge in [-0.25, -0.2) is 0 Å². The van der Waals surface area contributed by atoms with Gasteiger partial charge in [0, 0.05) is 0 Å². The highest BCUT2D eigenvalue weighted by Gasteiger charge is 1.90. The number of carbonyl (C=O) groups is 2. The van der Waals surface area contributed by atoms with E-state index in [1.807, 2.05) is 24.3 Å². The van der Waals surface area contributed by atoms with Crippen molar-refractivity contribution in [3.8, 4) is 0 Å². The third kappa shape index (κ3) is 4.47. The van der Waals surface area contributed by atoms with E-state index in [0.717, 1.165) is 11.0 Å². The Morgan fingerprint density at radius 3 is 2.27 bits per heavy atom. The van der Waals surface area contributed by atoms with Gasteiger partial charge in [0.05, 0.1) is 5.52 Å². The minimum Gasteiger partial charge on any atom is -0.295 e. The number of hydrogen-bond donors (Lipinski definition) is 1. The van der Waals surface area contributed by atoms with Crippen LogP contribution in [-0.2, 0) is 9.59 Å². The number of carbonyl (C=O) groups excluding carboxylic acids is 2. The van der Waals surface area contributed by atoms with Crippen molar-refractivity contribution >= 4 is 23.6 Å². The van der Waals surface area contributed by atoms with Gasteiger partial charge in [-0.3, -0.25) is 14.7 Å². The summed E-state index contributed by atoms with van der Waals surface area (Å²) in [5, 5.41) is 10.2. The summed E-state index contributed by atoms with van der Waals surface area (Å²) in [5.74, 6) is 0. The standard InChI is InChI=1S/C6H5N3.C2H2O2.C2H4/c1-2-4-6-5(3-1)7-9-8-6;3-1-2-4;1-2/h1-4H,(H,7,8,9);1-2H;1-2H2. The van der Waals surface area contributed by atoms with Crippen LogP contribution in [0, 0.1) is 0 Å². The first kappa shape index (κ1) is 12.7. The Kier molecular flexibility index (Phi) is 7.03. The molecule has 15 heavy (non-hydrogen) atoms. The second kappa shape index (κ2) is 8.31. The average molecular weight is 205 g/mol. The van der Waals surface area contributed by atoms with E-state index in [4.69, 9.17) is 9.59 Å². The zero-order valence-corrected chi connectivity index (χ0v) is 8.09. The quantitative estimate of drug-likeness (QED) is 0.430. The number of rotatable bonds is 1. The molecule has 0 bridgehead atoms. The van der Waals surface area contributed by atoms with Crippen LogP contribution >= 0.6 is 0 Å². The summed E-state index contributed by atoms with van der Waals surface area (Å²) in [7, 11) is 0. The van der Waals surface area contributed by atoms with Gasteiger partial charge in [-0.15, -0.1) is 18.3 Å². The number of benzene rings is 1. The molecule has 1 aromatic heterocycles. The third-order valence-electron chi connectivity index (χ3n) is 1.29. The lowest BCUT2D eigenvalue weighted by atomic mass is 10.3. The van der Waals surface area contributed by atoms with Crippen molar-refractivity contribution in [2.45, 2.75) is 0 Å². The minimum absolute atomic E-state index is 0.194. The van der Waals surface area contributed by atoms with E-state index in [1.165, 1.54) is 0 Å². The molecule has 0 saturated heterocycles. The average Bonchev–Trinajstić information content (AvgIpc) is 2.80. The van der Waals surface area contributed by atoms with Crippen LogP contribution in [-0.4, -0.2) is 28.0 Å². The highest BCUT2D eigenvalue weighted by Crippen LogP contribution is 2.03. The van der Waals surface area contributed by atoms with Gasteiger partial charge < -0.3 is 0 Å². The normalized spacial score (nSPS) is 7.73. The maximum absolute atomic E-state index is 8.81. The molecule has 2 aromatic rings. The monoisotopic (exact) mass is 205 g/mol. The molecular formula is C10H11N3O2. The number of hydrogen-bond acceptors (Lipinski definition) is 4. The molecule has 5 heteroatoms. The fourth-order valence-corrected chi connectivity index (χ4v) is 0.788. The van der Waals surface area contributed by atoms with Crippen LogP contribution in [0.5, 0.6) is 0 Å². The summed E-state index contributed by atoms with van der Waals surface area (Å²) in [6.07, 6.45) is 0.389. The molecule has 1 aromatic carbocycles. The number of nitrogens with zero attached hydrogens (tertiary/aromatic N) is 2. The SMILES string of the molecule is C=C.O=CC=O.c1ccc2[nH]nnc2c1. The fourth-order valence-electron chi connectivity index (χ4n) is 0.788. The van der Waals surface area contributed by atoms with Gasteiger partial charge in [-0.05, 0) is 12.1 Å². The van der Waals surface area contributed by atoms with E-state index in [0.29, 0.717) is 0 Å². The van der Waals surface area contributed by atoms with E-state index < -0.39 is 0 Å². The van der Waals surface area contributed by atoms with E-state index in [2.05, 4.69) is 28.6 Å². The molecule has 78 valence electrons. The van der Waals surface area contributed by atoms with Crippen molar-refractivity contribution in [3.05, 3.63) is 37.4 Å². The summed E-state index contributed by atoms with van der Waals surface area (Å²) in [6.45, 7) is 6.00. The largest absolute Gasteiger partial charge is 0.295 e. The van der Waals surface area contributed by atoms with Gasteiger partial charge in [0.25, 0.3) is 0 Å². The van der Waals surface area contributed by atoms with E-state index in [1.54, 1.807) is 0 Å². The van der Waals surface area contributed by atoms with Crippen LogP contribution in [0.1, 0.15) is 0 Å². The molecule has 0 aliphatic carbocycles. The maximum atomic E-state index is 8.81. The molecule has 5 nitrogen and oxygen atoms in total. The fraction of sp³-hybridized carbons (Fsp3) is 0. The molecule has 1 N–H and O–H groups in total. The summed E-state index contributed by atoms with van der Waals surface area (Å²) in [6, 6.07) is 7.74. The Morgan fingerprint density at radius 2 is 1.73 bits per heavy atom. The molecule has 0 aliphatic rings. The number of aromatic amines is 1. The lowest BCUT2D eigenvalue weighted by molar-refractivity contribution is -0.122. The Labute approximate surface area is 86.8 Å². The lowest BCUT2D eigenvalue weighted by Crippen LogP contribution is -1.63. The van der Waals surface area contributed by atoms with Crippen molar-refractivity contribution in [2.75, 3.05) is 0 Å². The van der Waals surface area contributed by atoms with E-state index in [-0.39, 0.29) is 12.6 Å². The summed E-state index contributed by atoms with van der Waals surface area (Å²) in [4.78, 5) is 17.6. The van der Waals surface area contributed by atoms with E-state index >= 15 is 0 Å². The van der Waals surface area contributed by atoms with Crippen molar-refractivity contribution in [3.63, 3.8) is 0 Å². The van der Waals surface area contributed by atoms with Gasteiger partial charge in [0.15, 0.2) is 12.6 Å². The first-order valence-corrected chi connectivity index (χ1v) is 4.03. The first-order valence-electron chi connectivity index (χ1n) is 4.03. The third-order valence-corrected chi connectivity index (χ3v) is 1.29. The van der Waals surface area contributed by atoms with Gasteiger partial charge >= 0.3 is 0 Å². The number of para-hydroxylation sites is 1. The van der Waals surface area contributed by atoms with Crippen molar-refractivity contribution in [2.24, 2.45) is 0 Å². The molecule has 0 fully saturated rings. The molecule has 1 heterocycles.